The zero-order valence-corrected chi connectivity index (χ0v) is 12.3. The van der Waals surface area contributed by atoms with Crippen LogP contribution < -0.4 is 14.2 Å². The van der Waals surface area contributed by atoms with E-state index in [1.54, 1.807) is 20.3 Å². The van der Waals surface area contributed by atoms with Crippen molar-refractivity contribution in [2.75, 3.05) is 14.2 Å². The Hall–Kier alpha value is -1.42. The average Bonchev–Trinajstić information content (AvgIpc) is 2.46. The SMILES string of the molecule is COc1cc(OC)cc(OC2CCCCCCC2O)c1. The van der Waals surface area contributed by atoms with Crippen molar-refractivity contribution in [3.8, 4) is 17.2 Å². The highest BCUT2D eigenvalue weighted by atomic mass is 16.5. The van der Waals surface area contributed by atoms with Gasteiger partial charge in [0.2, 0.25) is 0 Å². The average molecular weight is 280 g/mol. The summed E-state index contributed by atoms with van der Waals surface area (Å²) in [5, 5.41) is 10.2. The highest BCUT2D eigenvalue weighted by Crippen LogP contribution is 2.30. The van der Waals surface area contributed by atoms with Crippen LogP contribution in [0.25, 0.3) is 0 Å². The quantitative estimate of drug-likeness (QED) is 0.920. The molecule has 1 saturated carbocycles. The van der Waals surface area contributed by atoms with Crippen molar-refractivity contribution in [1.29, 1.82) is 0 Å². The highest BCUT2D eigenvalue weighted by molar-refractivity contribution is 5.42. The van der Waals surface area contributed by atoms with E-state index in [-0.39, 0.29) is 6.10 Å². The molecule has 1 aliphatic rings. The minimum Gasteiger partial charge on any atom is -0.496 e. The molecule has 4 heteroatoms. The maximum atomic E-state index is 10.2. The number of hydrogen-bond donors (Lipinski definition) is 1. The van der Waals surface area contributed by atoms with Crippen molar-refractivity contribution in [2.45, 2.75) is 50.7 Å². The third kappa shape index (κ3) is 4.04. The van der Waals surface area contributed by atoms with Gasteiger partial charge in [0.25, 0.3) is 0 Å². The topological polar surface area (TPSA) is 47.9 Å². The summed E-state index contributed by atoms with van der Waals surface area (Å²) in [4.78, 5) is 0. The van der Waals surface area contributed by atoms with E-state index in [9.17, 15) is 5.11 Å². The summed E-state index contributed by atoms with van der Waals surface area (Å²) in [6.45, 7) is 0. The summed E-state index contributed by atoms with van der Waals surface area (Å²) < 4.78 is 16.4. The molecule has 0 amide bonds. The van der Waals surface area contributed by atoms with Crippen molar-refractivity contribution in [1.82, 2.24) is 0 Å². The molecule has 1 aromatic rings. The molecule has 2 atom stereocenters. The second-order valence-corrected chi connectivity index (χ2v) is 5.26. The molecule has 2 unspecified atom stereocenters. The fourth-order valence-electron chi connectivity index (χ4n) is 2.59. The van der Waals surface area contributed by atoms with Gasteiger partial charge in [-0.25, -0.2) is 0 Å². The van der Waals surface area contributed by atoms with Gasteiger partial charge in [-0.3, -0.25) is 0 Å². The molecule has 0 radical (unpaired) electrons. The first-order valence-corrected chi connectivity index (χ1v) is 7.30. The van der Waals surface area contributed by atoms with Gasteiger partial charge in [0.1, 0.15) is 23.4 Å². The standard InChI is InChI=1S/C16H24O4/c1-18-12-9-13(19-2)11-14(10-12)20-16-8-6-4-3-5-7-15(16)17/h9-11,15-17H,3-8H2,1-2H3. The molecule has 0 spiro atoms. The lowest BCUT2D eigenvalue weighted by atomic mass is 9.96. The Morgan fingerprint density at radius 3 is 2.00 bits per heavy atom. The van der Waals surface area contributed by atoms with Gasteiger partial charge in [-0.2, -0.15) is 0 Å². The molecule has 1 aromatic carbocycles. The Kier molecular flexibility index (Phi) is 5.53. The Morgan fingerprint density at radius 2 is 1.40 bits per heavy atom. The van der Waals surface area contributed by atoms with E-state index < -0.39 is 6.10 Å². The highest BCUT2D eigenvalue weighted by Gasteiger charge is 2.22. The third-order valence-corrected chi connectivity index (χ3v) is 3.78. The van der Waals surface area contributed by atoms with Crippen LogP contribution in [0.15, 0.2) is 18.2 Å². The van der Waals surface area contributed by atoms with Crippen LogP contribution in [0, 0.1) is 0 Å². The smallest absolute Gasteiger partial charge is 0.127 e. The van der Waals surface area contributed by atoms with Crippen LogP contribution in [0.3, 0.4) is 0 Å². The fraction of sp³-hybridized carbons (Fsp3) is 0.625. The Morgan fingerprint density at radius 1 is 0.850 bits per heavy atom. The van der Waals surface area contributed by atoms with E-state index in [0.717, 1.165) is 25.7 Å². The van der Waals surface area contributed by atoms with Crippen LogP contribution in [-0.4, -0.2) is 31.5 Å². The Labute approximate surface area is 120 Å². The predicted molar refractivity (Wildman–Crippen MR) is 77.7 cm³/mol. The van der Waals surface area contributed by atoms with E-state index in [1.807, 2.05) is 12.1 Å². The van der Waals surface area contributed by atoms with Gasteiger partial charge < -0.3 is 19.3 Å². The summed E-state index contributed by atoms with van der Waals surface area (Å²) in [5.74, 6) is 2.07. The van der Waals surface area contributed by atoms with Crippen LogP contribution in [0.2, 0.25) is 0 Å². The van der Waals surface area contributed by atoms with Gasteiger partial charge in [-0.1, -0.05) is 19.3 Å². The molecular formula is C16H24O4. The van der Waals surface area contributed by atoms with Crippen molar-refractivity contribution < 1.29 is 19.3 Å². The maximum Gasteiger partial charge on any atom is 0.127 e. The lowest BCUT2D eigenvalue weighted by Crippen LogP contribution is -2.32. The molecule has 0 aromatic heterocycles. The van der Waals surface area contributed by atoms with E-state index in [4.69, 9.17) is 14.2 Å². The Balaban J connectivity index is 2.10. The molecule has 0 aliphatic heterocycles. The number of methoxy groups -OCH3 is 2. The third-order valence-electron chi connectivity index (χ3n) is 3.78. The summed E-state index contributed by atoms with van der Waals surface area (Å²) in [5.41, 5.74) is 0. The zero-order valence-electron chi connectivity index (χ0n) is 12.3. The van der Waals surface area contributed by atoms with Crippen LogP contribution in [0.4, 0.5) is 0 Å². The number of ether oxygens (including phenoxy) is 3. The molecule has 0 bridgehead atoms. The van der Waals surface area contributed by atoms with Gasteiger partial charge in [0.15, 0.2) is 0 Å². The van der Waals surface area contributed by atoms with E-state index in [2.05, 4.69) is 0 Å². The largest absolute Gasteiger partial charge is 0.496 e. The van der Waals surface area contributed by atoms with Crippen LogP contribution in [0.5, 0.6) is 17.2 Å². The zero-order chi connectivity index (χ0) is 14.4. The predicted octanol–water partition coefficient (Wildman–Crippen LogP) is 3.17. The minimum atomic E-state index is -0.396. The molecule has 0 heterocycles. The maximum absolute atomic E-state index is 10.2. The van der Waals surface area contributed by atoms with Crippen molar-refractivity contribution in [2.24, 2.45) is 0 Å². The summed E-state index contributed by atoms with van der Waals surface area (Å²) in [6, 6.07) is 5.46. The van der Waals surface area contributed by atoms with Crippen LogP contribution in [0.1, 0.15) is 38.5 Å². The number of aliphatic hydroxyl groups excluding tert-OH is 1. The number of hydrogen-bond acceptors (Lipinski definition) is 4. The number of aliphatic hydroxyl groups is 1. The van der Waals surface area contributed by atoms with Gasteiger partial charge >= 0.3 is 0 Å². The normalized spacial score (nSPS) is 23.6. The van der Waals surface area contributed by atoms with Gasteiger partial charge in [-0.15, -0.1) is 0 Å². The second kappa shape index (κ2) is 7.39. The van der Waals surface area contributed by atoms with Crippen LogP contribution >= 0.6 is 0 Å². The molecule has 1 aliphatic carbocycles. The lowest BCUT2D eigenvalue weighted by molar-refractivity contribution is 0.0185. The van der Waals surface area contributed by atoms with Crippen molar-refractivity contribution in [3.63, 3.8) is 0 Å². The number of benzene rings is 1. The van der Waals surface area contributed by atoms with Gasteiger partial charge in [-0.05, 0) is 19.3 Å². The van der Waals surface area contributed by atoms with Gasteiger partial charge in [0.05, 0.1) is 20.3 Å². The van der Waals surface area contributed by atoms with Crippen molar-refractivity contribution >= 4 is 0 Å². The van der Waals surface area contributed by atoms with Crippen LogP contribution in [-0.2, 0) is 0 Å². The fourth-order valence-corrected chi connectivity index (χ4v) is 2.59. The molecule has 1 fully saturated rings. The molecule has 0 saturated heterocycles. The molecule has 20 heavy (non-hydrogen) atoms. The molecular weight excluding hydrogens is 256 g/mol. The second-order valence-electron chi connectivity index (χ2n) is 5.26. The summed E-state index contributed by atoms with van der Waals surface area (Å²) in [6.07, 6.45) is 5.75. The Bertz CT molecular complexity index is 397. The van der Waals surface area contributed by atoms with E-state index in [1.165, 1.54) is 12.8 Å². The van der Waals surface area contributed by atoms with Crippen molar-refractivity contribution in [3.05, 3.63) is 18.2 Å². The minimum absolute atomic E-state index is 0.146. The van der Waals surface area contributed by atoms with Gasteiger partial charge in [0, 0.05) is 18.2 Å². The summed E-state index contributed by atoms with van der Waals surface area (Å²) in [7, 11) is 3.23. The van der Waals surface area contributed by atoms with E-state index >= 15 is 0 Å². The van der Waals surface area contributed by atoms with E-state index in [0.29, 0.717) is 17.2 Å². The molecule has 2 rings (SSSR count). The number of rotatable bonds is 4. The summed E-state index contributed by atoms with van der Waals surface area (Å²) >= 11 is 0. The first-order valence-electron chi connectivity index (χ1n) is 7.30. The first kappa shape index (κ1) is 15.0. The first-order chi connectivity index (χ1) is 9.72. The molecule has 4 nitrogen and oxygen atoms in total. The molecule has 1 N–H and O–H groups in total. The monoisotopic (exact) mass is 280 g/mol. The lowest BCUT2D eigenvalue weighted by Gasteiger charge is -2.26. The molecule has 112 valence electrons.